The molecule has 1 aliphatic heterocycles. The van der Waals surface area contributed by atoms with Gasteiger partial charge in [0, 0.05) is 19.8 Å². The van der Waals surface area contributed by atoms with Gasteiger partial charge in [-0.25, -0.2) is 0 Å². The molecule has 1 aliphatic rings. The molecule has 2 unspecified atom stereocenters. The fraction of sp³-hybridized carbons (Fsp3) is 1.00. The fourth-order valence-corrected chi connectivity index (χ4v) is 3.61. The maximum Gasteiger partial charge on any atom is 0.321 e. The Bertz CT molecular complexity index is 200. The number of unbranched alkanes of at least 4 members (excludes halogenated alkanes) is 2. The molecule has 0 aliphatic carbocycles. The molecule has 0 amide bonds. The summed E-state index contributed by atoms with van der Waals surface area (Å²) in [5.41, 5.74) is 0. The summed E-state index contributed by atoms with van der Waals surface area (Å²) in [6, 6.07) is 1.13. The predicted octanol–water partition coefficient (Wildman–Crippen LogP) is 2.65. The van der Waals surface area contributed by atoms with E-state index >= 15 is 0 Å². The first-order valence-electron chi connectivity index (χ1n) is 7.79. The quantitative estimate of drug-likeness (QED) is 0.280. The van der Waals surface area contributed by atoms with Gasteiger partial charge >= 0.3 is 9.28 Å². The zero-order chi connectivity index (χ0) is 13.8. The summed E-state index contributed by atoms with van der Waals surface area (Å²) in [6.45, 7) is 8.55. The molecule has 19 heavy (non-hydrogen) atoms. The lowest BCUT2D eigenvalue weighted by Gasteiger charge is -2.15. The van der Waals surface area contributed by atoms with Crippen LogP contribution in [0.25, 0.3) is 0 Å². The van der Waals surface area contributed by atoms with Crippen LogP contribution in [0.15, 0.2) is 0 Å². The lowest BCUT2D eigenvalue weighted by Crippen LogP contribution is -2.23. The molecule has 5 heteroatoms. The van der Waals surface area contributed by atoms with E-state index in [9.17, 15) is 0 Å². The third-order valence-electron chi connectivity index (χ3n) is 2.98. The van der Waals surface area contributed by atoms with E-state index in [1.165, 1.54) is 6.42 Å². The minimum absolute atomic E-state index is 0.389. The van der Waals surface area contributed by atoms with Crippen molar-refractivity contribution in [3.8, 4) is 0 Å². The smallest absolute Gasteiger partial charge is 0.321 e. The lowest BCUT2D eigenvalue weighted by atomic mass is 10.2. The van der Waals surface area contributed by atoms with Crippen molar-refractivity contribution < 1.29 is 18.3 Å². The molecule has 0 spiro atoms. The maximum atomic E-state index is 5.90. The summed E-state index contributed by atoms with van der Waals surface area (Å²) in [6.07, 6.45) is 6.04. The average molecular weight is 290 g/mol. The Morgan fingerprint density at radius 1 is 1.00 bits per heavy atom. The van der Waals surface area contributed by atoms with E-state index < -0.39 is 9.28 Å². The highest BCUT2D eigenvalue weighted by atomic mass is 28.3. The molecule has 2 atom stereocenters. The van der Waals surface area contributed by atoms with Gasteiger partial charge in [0.2, 0.25) is 0 Å². The highest BCUT2D eigenvalue weighted by Gasteiger charge is 2.21. The van der Waals surface area contributed by atoms with Crippen LogP contribution in [0.1, 0.15) is 46.0 Å². The van der Waals surface area contributed by atoms with Crippen molar-refractivity contribution >= 4 is 9.28 Å². The first-order valence-corrected chi connectivity index (χ1v) is 9.55. The molecule has 1 heterocycles. The third-order valence-corrected chi connectivity index (χ3v) is 5.24. The normalized spacial score (nSPS) is 19.6. The number of ether oxygens (including phenoxy) is 2. The van der Waals surface area contributed by atoms with Crippen molar-refractivity contribution in [3.63, 3.8) is 0 Å². The van der Waals surface area contributed by atoms with Crippen LogP contribution in [0.3, 0.4) is 0 Å². The van der Waals surface area contributed by atoms with Gasteiger partial charge in [0.15, 0.2) is 0 Å². The molecule has 1 fully saturated rings. The summed E-state index contributed by atoms with van der Waals surface area (Å²) >= 11 is 0. The van der Waals surface area contributed by atoms with Crippen molar-refractivity contribution in [1.82, 2.24) is 0 Å². The molecule has 0 aromatic rings. The van der Waals surface area contributed by atoms with Gasteiger partial charge in [-0.2, -0.15) is 0 Å². The number of hydrogen-bond acceptors (Lipinski definition) is 4. The predicted molar refractivity (Wildman–Crippen MR) is 78.9 cm³/mol. The number of hydrogen-bond donors (Lipinski definition) is 0. The molecule has 0 bridgehead atoms. The van der Waals surface area contributed by atoms with Crippen molar-refractivity contribution in [2.45, 2.75) is 58.1 Å². The van der Waals surface area contributed by atoms with Crippen molar-refractivity contribution in [2.24, 2.45) is 0 Å². The molecule has 0 aromatic heterocycles. The molecule has 1 rings (SSSR count). The van der Waals surface area contributed by atoms with Gasteiger partial charge in [0.1, 0.15) is 6.10 Å². The van der Waals surface area contributed by atoms with E-state index in [-0.39, 0.29) is 0 Å². The Labute approximate surface area is 119 Å². The summed E-state index contributed by atoms with van der Waals surface area (Å²) < 4.78 is 22.3. The third kappa shape index (κ3) is 10.5. The van der Waals surface area contributed by atoms with Gasteiger partial charge in [-0.3, -0.25) is 0 Å². The minimum Gasteiger partial charge on any atom is -0.397 e. The Kier molecular flexibility index (Phi) is 10.7. The van der Waals surface area contributed by atoms with Crippen LogP contribution in [-0.2, 0) is 18.3 Å². The average Bonchev–Trinajstić information content (AvgIpc) is 3.23. The van der Waals surface area contributed by atoms with Crippen molar-refractivity contribution in [2.75, 3.05) is 33.0 Å². The van der Waals surface area contributed by atoms with Gasteiger partial charge in [-0.1, -0.05) is 20.3 Å². The zero-order valence-electron chi connectivity index (χ0n) is 12.6. The zero-order valence-corrected chi connectivity index (χ0v) is 13.7. The monoisotopic (exact) mass is 290 g/mol. The van der Waals surface area contributed by atoms with Gasteiger partial charge in [-0.15, -0.1) is 0 Å². The summed E-state index contributed by atoms with van der Waals surface area (Å²) in [7, 11) is -1.37. The highest BCUT2D eigenvalue weighted by Crippen LogP contribution is 2.09. The molecule has 114 valence electrons. The van der Waals surface area contributed by atoms with Gasteiger partial charge in [0.25, 0.3) is 0 Å². The first-order chi connectivity index (χ1) is 9.36. The SMILES string of the molecule is CCCO[SiH](CCC)OCCCCCOCC1CO1. The van der Waals surface area contributed by atoms with Crippen LogP contribution in [0.5, 0.6) is 0 Å². The largest absolute Gasteiger partial charge is 0.397 e. The first kappa shape index (κ1) is 17.1. The van der Waals surface area contributed by atoms with E-state index in [2.05, 4.69) is 13.8 Å². The van der Waals surface area contributed by atoms with Crippen LogP contribution < -0.4 is 0 Å². The van der Waals surface area contributed by atoms with E-state index in [0.717, 1.165) is 64.8 Å². The Hall–Kier alpha value is 0.0569. The molecule has 0 N–H and O–H groups in total. The molecular weight excluding hydrogens is 260 g/mol. The van der Waals surface area contributed by atoms with Crippen LogP contribution in [0.2, 0.25) is 6.04 Å². The molecule has 0 saturated carbocycles. The molecule has 1 saturated heterocycles. The second-order valence-corrected chi connectivity index (χ2v) is 7.15. The molecule has 0 aromatic carbocycles. The topological polar surface area (TPSA) is 40.2 Å². The van der Waals surface area contributed by atoms with Gasteiger partial charge in [-0.05, 0) is 31.7 Å². The second kappa shape index (κ2) is 11.8. The number of rotatable bonds is 14. The fourth-order valence-electron chi connectivity index (χ4n) is 1.78. The lowest BCUT2D eigenvalue weighted by molar-refractivity contribution is 0.111. The summed E-state index contributed by atoms with van der Waals surface area (Å²) in [5, 5.41) is 0. The summed E-state index contributed by atoms with van der Waals surface area (Å²) in [4.78, 5) is 0. The van der Waals surface area contributed by atoms with Crippen LogP contribution in [0.4, 0.5) is 0 Å². The highest BCUT2D eigenvalue weighted by molar-refractivity contribution is 6.44. The van der Waals surface area contributed by atoms with Gasteiger partial charge in [0.05, 0.1) is 13.2 Å². The van der Waals surface area contributed by atoms with E-state index in [1.54, 1.807) is 0 Å². The van der Waals surface area contributed by atoms with Crippen molar-refractivity contribution in [1.29, 1.82) is 0 Å². The van der Waals surface area contributed by atoms with E-state index in [0.29, 0.717) is 6.10 Å². The Balaban J connectivity index is 1.83. The summed E-state index contributed by atoms with van der Waals surface area (Å²) in [5.74, 6) is 0. The Morgan fingerprint density at radius 2 is 1.74 bits per heavy atom. The molecule has 0 radical (unpaired) electrons. The molecular formula is C14H30O4Si. The van der Waals surface area contributed by atoms with E-state index in [1.807, 2.05) is 0 Å². The second-order valence-electron chi connectivity index (χ2n) is 5.05. The standard InChI is InChI=1S/C14H30O4Si/c1-3-8-17-19(11-4-2)18-10-7-5-6-9-15-12-14-13-16-14/h14,19H,3-13H2,1-2H3. The Morgan fingerprint density at radius 3 is 2.42 bits per heavy atom. The number of epoxide rings is 1. The van der Waals surface area contributed by atoms with Crippen LogP contribution in [0, 0.1) is 0 Å². The van der Waals surface area contributed by atoms with Crippen LogP contribution in [-0.4, -0.2) is 48.4 Å². The molecule has 4 nitrogen and oxygen atoms in total. The van der Waals surface area contributed by atoms with Crippen LogP contribution >= 0.6 is 0 Å². The maximum absolute atomic E-state index is 5.90. The minimum atomic E-state index is -1.37. The van der Waals surface area contributed by atoms with E-state index in [4.69, 9.17) is 18.3 Å². The van der Waals surface area contributed by atoms with Gasteiger partial charge < -0.3 is 18.3 Å². The van der Waals surface area contributed by atoms with Crippen molar-refractivity contribution in [3.05, 3.63) is 0 Å².